The van der Waals surface area contributed by atoms with E-state index in [4.69, 9.17) is 14.0 Å². The molecule has 2 N–H and O–H groups in total. The van der Waals surface area contributed by atoms with Crippen molar-refractivity contribution in [2.75, 3.05) is 13.2 Å². The first-order valence-corrected chi connectivity index (χ1v) is 13.7. The Morgan fingerprint density at radius 2 is 1.46 bits per heavy atom. The highest BCUT2D eigenvalue weighted by Crippen LogP contribution is 2.44. The van der Waals surface area contributed by atoms with Crippen molar-refractivity contribution in [2.45, 2.75) is 44.8 Å². The van der Waals surface area contributed by atoms with Gasteiger partial charge in [0.25, 0.3) is 11.8 Å². The number of nitrogens with one attached hydrogen (secondary N) is 2. The Bertz CT molecular complexity index is 1550. The molecule has 3 aliphatic rings. The van der Waals surface area contributed by atoms with Crippen LogP contribution in [0.25, 0.3) is 17.2 Å². The molecule has 3 amide bonds. The fraction of sp³-hybridized carbons (Fsp3) is 0.281. The number of hydrogen-bond acceptors (Lipinski definition) is 6. The SMILES string of the molecule is CC1(C)OB(C(=Cc2ccc3c(c2)C(=O)NC3=O)CNC(=O)OCC2c3ccccc3-c3ccccc32)OC1(C)C. The Kier molecular flexibility index (Phi) is 6.59. The van der Waals surface area contributed by atoms with Crippen molar-refractivity contribution in [1.29, 1.82) is 0 Å². The minimum absolute atomic E-state index is 0.0495. The van der Waals surface area contributed by atoms with Gasteiger partial charge in [-0.2, -0.15) is 0 Å². The number of imide groups is 1. The molecule has 1 fully saturated rings. The molecule has 0 saturated carbocycles. The zero-order valence-corrected chi connectivity index (χ0v) is 23.4. The third-order valence-electron chi connectivity index (χ3n) is 8.45. The smallest absolute Gasteiger partial charge is 0.449 e. The van der Waals surface area contributed by atoms with Gasteiger partial charge in [0, 0.05) is 12.5 Å². The summed E-state index contributed by atoms with van der Waals surface area (Å²) in [5.41, 5.74) is 5.37. The third kappa shape index (κ3) is 4.85. The fourth-order valence-corrected chi connectivity index (χ4v) is 5.51. The number of alkyl carbamates (subject to hydrolysis) is 1. The van der Waals surface area contributed by atoms with Crippen molar-refractivity contribution < 1.29 is 28.4 Å². The molecule has 208 valence electrons. The number of benzene rings is 3. The molecule has 1 saturated heterocycles. The minimum Gasteiger partial charge on any atom is -0.449 e. The van der Waals surface area contributed by atoms with Crippen LogP contribution in [0.4, 0.5) is 4.79 Å². The molecule has 2 heterocycles. The van der Waals surface area contributed by atoms with Gasteiger partial charge < -0.3 is 19.4 Å². The van der Waals surface area contributed by atoms with E-state index in [0.717, 1.165) is 22.3 Å². The molecule has 0 unspecified atom stereocenters. The second kappa shape index (κ2) is 10.0. The van der Waals surface area contributed by atoms with Crippen molar-refractivity contribution in [1.82, 2.24) is 10.6 Å². The normalized spacial score (nSPS) is 18.5. The molecule has 0 bridgehead atoms. The van der Waals surface area contributed by atoms with Crippen LogP contribution in [0.5, 0.6) is 0 Å². The van der Waals surface area contributed by atoms with Gasteiger partial charge >= 0.3 is 13.2 Å². The summed E-state index contributed by atoms with van der Waals surface area (Å²) in [6.45, 7) is 8.10. The third-order valence-corrected chi connectivity index (χ3v) is 8.45. The molecule has 41 heavy (non-hydrogen) atoms. The van der Waals surface area contributed by atoms with Crippen LogP contribution < -0.4 is 10.6 Å². The topological polar surface area (TPSA) is 103 Å². The fourth-order valence-electron chi connectivity index (χ4n) is 5.51. The summed E-state index contributed by atoms with van der Waals surface area (Å²) < 4.78 is 18.3. The van der Waals surface area contributed by atoms with Crippen LogP contribution in [0.2, 0.25) is 0 Å². The highest BCUT2D eigenvalue weighted by atomic mass is 16.7. The molecule has 8 nitrogen and oxygen atoms in total. The van der Waals surface area contributed by atoms with Crippen LogP contribution in [0, 0.1) is 0 Å². The second-order valence-electron chi connectivity index (χ2n) is 11.6. The molecule has 0 radical (unpaired) electrons. The Labute approximate surface area is 239 Å². The maximum Gasteiger partial charge on any atom is 0.492 e. The molecule has 0 atom stereocenters. The van der Waals surface area contributed by atoms with Crippen LogP contribution in [-0.2, 0) is 14.0 Å². The van der Waals surface area contributed by atoms with Gasteiger partial charge in [0.2, 0.25) is 0 Å². The monoisotopic (exact) mass is 550 g/mol. The summed E-state index contributed by atoms with van der Waals surface area (Å²) in [7, 11) is -0.738. The maximum atomic E-state index is 13.0. The first-order chi connectivity index (χ1) is 19.5. The Hall–Kier alpha value is -4.21. The summed E-state index contributed by atoms with van der Waals surface area (Å²) in [6.07, 6.45) is 1.25. The number of rotatable bonds is 6. The first-order valence-electron chi connectivity index (χ1n) is 13.7. The van der Waals surface area contributed by atoms with Crippen LogP contribution in [0.1, 0.15) is 71.0 Å². The summed E-state index contributed by atoms with van der Waals surface area (Å²) in [4.78, 5) is 37.1. The standard InChI is InChI=1S/C32H31BN2O6/c1-31(2)32(3,4)41-33(40-31)20(15-19-13-14-25-26(16-19)29(37)35-28(25)36)17-34-30(38)39-18-27-23-11-7-5-9-21(23)22-10-6-8-12-24(22)27/h5-16,27H,17-18H2,1-4H3,(H,34,38)(H,35,36,37). The van der Waals surface area contributed by atoms with E-state index in [2.05, 4.69) is 34.9 Å². The van der Waals surface area contributed by atoms with Gasteiger partial charge in [-0.15, -0.1) is 0 Å². The zero-order valence-electron chi connectivity index (χ0n) is 23.4. The summed E-state index contributed by atoms with van der Waals surface area (Å²) in [6, 6.07) is 21.4. The molecule has 0 spiro atoms. The van der Waals surface area contributed by atoms with Crippen LogP contribution in [-0.4, -0.2) is 49.4 Å². The Morgan fingerprint density at radius 3 is 2.10 bits per heavy atom. The van der Waals surface area contributed by atoms with E-state index in [9.17, 15) is 14.4 Å². The van der Waals surface area contributed by atoms with Gasteiger partial charge in [-0.25, -0.2) is 4.79 Å². The van der Waals surface area contributed by atoms with E-state index in [0.29, 0.717) is 22.2 Å². The lowest BCUT2D eigenvalue weighted by molar-refractivity contribution is 0.00578. The van der Waals surface area contributed by atoms with Crippen molar-refractivity contribution >= 4 is 31.1 Å². The molecule has 9 heteroatoms. The largest absolute Gasteiger partial charge is 0.492 e. The number of hydrogen-bond donors (Lipinski definition) is 2. The van der Waals surface area contributed by atoms with Crippen LogP contribution in [0.15, 0.2) is 72.2 Å². The number of amides is 3. The second-order valence-corrected chi connectivity index (χ2v) is 11.6. The van der Waals surface area contributed by atoms with Crippen molar-refractivity contribution in [3.05, 3.63) is 100 Å². The number of fused-ring (bicyclic) bond motifs is 4. The van der Waals surface area contributed by atoms with E-state index in [1.165, 1.54) is 0 Å². The molecule has 1 aliphatic carbocycles. The van der Waals surface area contributed by atoms with Gasteiger partial charge in [-0.1, -0.05) is 60.7 Å². The van der Waals surface area contributed by atoms with E-state index in [-0.39, 0.29) is 19.1 Å². The van der Waals surface area contributed by atoms with E-state index < -0.39 is 36.2 Å². The lowest BCUT2D eigenvalue weighted by Crippen LogP contribution is -2.41. The Morgan fingerprint density at radius 1 is 0.878 bits per heavy atom. The summed E-state index contributed by atoms with van der Waals surface area (Å²) in [5.74, 6) is -0.899. The van der Waals surface area contributed by atoms with Crippen molar-refractivity contribution in [3.63, 3.8) is 0 Å². The molecule has 6 rings (SSSR count). The predicted octanol–water partition coefficient (Wildman–Crippen LogP) is 5.12. The highest BCUT2D eigenvalue weighted by molar-refractivity contribution is 6.56. The van der Waals surface area contributed by atoms with Crippen molar-refractivity contribution in [3.8, 4) is 11.1 Å². The van der Waals surface area contributed by atoms with E-state index in [1.54, 1.807) is 18.2 Å². The average molecular weight is 550 g/mol. The summed E-state index contributed by atoms with van der Waals surface area (Å²) >= 11 is 0. The quantitative estimate of drug-likeness (QED) is 0.326. The van der Waals surface area contributed by atoms with Gasteiger partial charge in [-0.05, 0) is 73.1 Å². The van der Waals surface area contributed by atoms with Gasteiger partial charge in [0.1, 0.15) is 6.61 Å². The lowest BCUT2D eigenvalue weighted by atomic mass is 9.77. The van der Waals surface area contributed by atoms with Crippen LogP contribution in [0.3, 0.4) is 0 Å². The van der Waals surface area contributed by atoms with Crippen LogP contribution >= 0.6 is 0 Å². The van der Waals surface area contributed by atoms with Gasteiger partial charge in [0.15, 0.2) is 0 Å². The molecule has 2 aliphatic heterocycles. The predicted molar refractivity (Wildman–Crippen MR) is 155 cm³/mol. The lowest BCUT2D eigenvalue weighted by Gasteiger charge is -2.32. The Balaban J connectivity index is 1.20. The van der Waals surface area contributed by atoms with Crippen molar-refractivity contribution in [2.24, 2.45) is 0 Å². The van der Waals surface area contributed by atoms with Gasteiger partial charge in [0.05, 0.1) is 22.3 Å². The van der Waals surface area contributed by atoms with Gasteiger partial charge in [-0.3, -0.25) is 14.9 Å². The maximum absolute atomic E-state index is 13.0. The molecule has 0 aromatic heterocycles. The summed E-state index contributed by atoms with van der Waals surface area (Å²) in [5, 5.41) is 5.16. The van der Waals surface area contributed by atoms with E-state index in [1.807, 2.05) is 58.0 Å². The number of ether oxygens (including phenoxy) is 1. The first kappa shape index (κ1) is 27.0. The minimum atomic E-state index is -0.738. The zero-order chi connectivity index (χ0) is 28.9. The van der Waals surface area contributed by atoms with E-state index >= 15 is 0 Å². The number of carbonyl (C=O) groups excluding carboxylic acids is 3. The molecule has 3 aromatic carbocycles. The number of carbonyl (C=O) groups is 3. The molecular formula is C32H31BN2O6. The average Bonchev–Trinajstić information content (AvgIpc) is 3.50. The molecular weight excluding hydrogens is 519 g/mol. The molecule has 3 aromatic rings. The highest BCUT2D eigenvalue weighted by Gasteiger charge is 2.52.